The minimum Gasteiger partial charge on any atom is -0.337 e. The summed E-state index contributed by atoms with van der Waals surface area (Å²) in [6, 6.07) is -0.167. The normalized spacial score (nSPS) is 8.67. The van der Waals surface area contributed by atoms with Crippen LogP contribution in [0.3, 0.4) is 0 Å². The third kappa shape index (κ3) is 5.73. The molecule has 0 saturated heterocycles. The summed E-state index contributed by atoms with van der Waals surface area (Å²) in [6.45, 7) is 0.463. The predicted octanol–water partition coefficient (Wildman–Crippen LogP) is 0.721. The molecular formula is C4H8Cl2N2O. The van der Waals surface area contributed by atoms with Gasteiger partial charge in [-0.15, -0.1) is 23.2 Å². The second kappa shape index (κ2) is 5.98. The maximum Gasteiger partial charge on any atom is 0.315 e. The lowest BCUT2D eigenvalue weighted by Crippen LogP contribution is -2.35. The van der Waals surface area contributed by atoms with Gasteiger partial charge in [-0.3, -0.25) is 0 Å². The molecule has 0 saturated carbocycles. The highest BCUT2D eigenvalue weighted by atomic mass is 35.5. The van der Waals surface area contributed by atoms with Gasteiger partial charge in [0.2, 0.25) is 0 Å². The Hall–Kier alpha value is -0.150. The van der Waals surface area contributed by atoms with Crippen LogP contribution in [0.4, 0.5) is 4.79 Å². The Kier molecular flexibility index (Phi) is 5.88. The van der Waals surface area contributed by atoms with Gasteiger partial charge in [0, 0.05) is 12.4 Å². The first kappa shape index (κ1) is 8.85. The molecule has 0 aliphatic carbocycles. The molecule has 0 fully saturated rings. The van der Waals surface area contributed by atoms with Crippen molar-refractivity contribution in [3.63, 3.8) is 0 Å². The second-order valence-electron chi connectivity index (χ2n) is 1.26. The molecular weight excluding hydrogens is 163 g/mol. The van der Waals surface area contributed by atoms with Gasteiger partial charge in [0.1, 0.15) is 0 Å². The topological polar surface area (TPSA) is 41.1 Å². The van der Waals surface area contributed by atoms with E-state index in [4.69, 9.17) is 23.2 Å². The Morgan fingerprint density at radius 2 is 2.00 bits per heavy atom. The van der Waals surface area contributed by atoms with Crippen molar-refractivity contribution in [1.82, 2.24) is 10.6 Å². The lowest BCUT2D eigenvalue weighted by atomic mass is 10.7. The summed E-state index contributed by atoms with van der Waals surface area (Å²) < 4.78 is 0. The number of carbonyl (C=O) groups excluding carboxylic acids is 1. The molecule has 9 heavy (non-hydrogen) atoms. The SMILES string of the molecule is O=C(NCCl)NCCCl. The number of halogens is 2. The first-order valence-electron chi connectivity index (χ1n) is 2.45. The molecule has 54 valence electrons. The first-order valence-corrected chi connectivity index (χ1v) is 3.51. The first-order chi connectivity index (χ1) is 4.31. The van der Waals surface area contributed by atoms with E-state index in [0.717, 1.165) is 0 Å². The number of urea groups is 1. The highest BCUT2D eigenvalue weighted by Crippen LogP contribution is 1.71. The van der Waals surface area contributed by atoms with Crippen molar-refractivity contribution < 1.29 is 4.79 Å². The van der Waals surface area contributed by atoms with E-state index in [1.807, 2.05) is 0 Å². The lowest BCUT2D eigenvalue weighted by molar-refractivity contribution is 0.243. The molecule has 0 aliphatic heterocycles. The molecule has 0 aliphatic rings. The number of rotatable bonds is 3. The van der Waals surface area contributed by atoms with Crippen molar-refractivity contribution in [3.05, 3.63) is 0 Å². The number of carbonyl (C=O) groups is 1. The number of hydrogen-bond acceptors (Lipinski definition) is 1. The molecule has 0 aromatic carbocycles. The molecule has 0 atom stereocenters. The van der Waals surface area contributed by atoms with E-state index in [0.29, 0.717) is 12.4 Å². The monoisotopic (exact) mass is 170 g/mol. The zero-order chi connectivity index (χ0) is 7.11. The van der Waals surface area contributed by atoms with Gasteiger partial charge < -0.3 is 10.6 Å². The third-order valence-corrected chi connectivity index (χ3v) is 0.930. The van der Waals surface area contributed by atoms with Gasteiger partial charge in [0.05, 0.1) is 6.00 Å². The van der Waals surface area contributed by atoms with Gasteiger partial charge in [-0.1, -0.05) is 0 Å². The fraction of sp³-hybridized carbons (Fsp3) is 0.750. The van der Waals surface area contributed by atoms with Crippen molar-refractivity contribution in [2.24, 2.45) is 0 Å². The number of alkyl halides is 2. The van der Waals surface area contributed by atoms with Crippen LogP contribution in [0.2, 0.25) is 0 Å². The molecule has 0 aromatic heterocycles. The molecule has 2 N–H and O–H groups in total. The zero-order valence-corrected chi connectivity index (χ0v) is 6.30. The van der Waals surface area contributed by atoms with Crippen molar-refractivity contribution in [2.75, 3.05) is 18.4 Å². The number of amides is 2. The average molecular weight is 171 g/mol. The van der Waals surface area contributed by atoms with Gasteiger partial charge >= 0.3 is 6.03 Å². The van der Waals surface area contributed by atoms with Crippen molar-refractivity contribution in [2.45, 2.75) is 0 Å². The van der Waals surface area contributed by atoms with Gasteiger partial charge in [-0.2, -0.15) is 0 Å². The van der Waals surface area contributed by atoms with Crippen molar-refractivity contribution >= 4 is 29.2 Å². The van der Waals surface area contributed by atoms with E-state index in [1.165, 1.54) is 0 Å². The number of hydrogen-bond donors (Lipinski definition) is 2. The minimum atomic E-state index is -0.286. The van der Waals surface area contributed by atoms with Crippen LogP contribution in [0.1, 0.15) is 0 Å². The van der Waals surface area contributed by atoms with Crippen LogP contribution in [0, 0.1) is 0 Å². The van der Waals surface area contributed by atoms with Crippen LogP contribution in [-0.2, 0) is 0 Å². The highest BCUT2D eigenvalue weighted by Gasteiger charge is 1.93. The van der Waals surface area contributed by atoms with Crippen LogP contribution in [0.5, 0.6) is 0 Å². The van der Waals surface area contributed by atoms with Crippen LogP contribution in [0.15, 0.2) is 0 Å². The van der Waals surface area contributed by atoms with E-state index in [9.17, 15) is 4.79 Å². The van der Waals surface area contributed by atoms with E-state index < -0.39 is 0 Å². The second-order valence-corrected chi connectivity index (χ2v) is 1.90. The average Bonchev–Trinajstić information content (AvgIpc) is 1.85. The Morgan fingerprint density at radius 1 is 1.33 bits per heavy atom. The Bertz CT molecular complexity index is 88.6. The molecule has 0 radical (unpaired) electrons. The molecule has 2 amide bonds. The molecule has 5 heteroatoms. The van der Waals surface area contributed by atoms with Crippen molar-refractivity contribution in [3.8, 4) is 0 Å². The molecule has 0 rings (SSSR count). The summed E-state index contributed by atoms with van der Waals surface area (Å²) >= 11 is 10.4. The van der Waals surface area contributed by atoms with Gasteiger partial charge in [0.25, 0.3) is 0 Å². The quantitative estimate of drug-likeness (QED) is 0.476. The van der Waals surface area contributed by atoms with E-state index in [1.54, 1.807) is 0 Å². The molecule has 3 nitrogen and oxygen atoms in total. The Labute approximate surface area is 63.7 Å². The van der Waals surface area contributed by atoms with E-state index >= 15 is 0 Å². The van der Waals surface area contributed by atoms with Gasteiger partial charge in [0.15, 0.2) is 0 Å². The maximum absolute atomic E-state index is 10.4. The van der Waals surface area contributed by atoms with E-state index in [-0.39, 0.29) is 12.0 Å². The summed E-state index contributed by atoms with van der Waals surface area (Å²) in [6.07, 6.45) is 0. The van der Waals surface area contributed by atoms with Crippen LogP contribution in [-0.4, -0.2) is 24.5 Å². The summed E-state index contributed by atoms with van der Waals surface area (Å²) in [5, 5.41) is 4.80. The van der Waals surface area contributed by atoms with Crippen LogP contribution >= 0.6 is 23.2 Å². The van der Waals surface area contributed by atoms with Crippen LogP contribution < -0.4 is 10.6 Å². The summed E-state index contributed by atoms with van der Waals surface area (Å²) in [5.74, 6) is 0.412. The maximum atomic E-state index is 10.4. The Morgan fingerprint density at radius 3 is 2.44 bits per heavy atom. The molecule has 0 aromatic rings. The summed E-state index contributed by atoms with van der Waals surface area (Å²) in [4.78, 5) is 10.4. The largest absolute Gasteiger partial charge is 0.337 e. The zero-order valence-electron chi connectivity index (χ0n) is 4.79. The molecule has 0 heterocycles. The highest BCUT2D eigenvalue weighted by molar-refractivity contribution is 6.18. The van der Waals surface area contributed by atoms with Gasteiger partial charge in [-0.25, -0.2) is 4.79 Å². The smallest absolute Gasteiger partial charge is 0.315 e. The summed E-state index contributed by atoms with van der Waals surface area (Å²) in [7, 11) is 0. The fourth-order valence-electron chi connectivity index (χ4n) is 0.284. The minimum absolute atomic E-state index is 0.119. The molecule has 0 spiro atoms. The standard InChI is InChI=1S/C4H8Cl2N2O/c5-1-2-7-4(9)8-3-6/h1-3H2,(H2,7,8,9). The van der Waals surface area contributed by atoms with E-state index in [2.05, 4.69) is 10.6 Å². The van der Waals surface area contributed by atoms with Gasteiger partial charge in [-0.05, 0) is 0 Å². The fourth-order valence-corrected chi connectivity index (χ4v) is 0.500. The van der Waals surface area contributed by atoms with Crippen molar-refractivity contribution in [1.29, 1.82) is 0 Å². The third-order valence-electron chi connectivity index (χ3n) is 0.607. The summed E-state index contributed by atoms with van der Waals surface area (Å²) in [5.41, 5.74) is 0. The predicted molar refractivity (Wildman–Crippen MR) is 38.0 cm³/mol. The molecule has 0 unspecified atom stereocenters. The van der Waals surface area contributed by atoms with Crippen LogP contribution in [0.25, 0.3) is 0 Å². The molecule has 0 bridgehead atoms. The number of nitrogens with one attached hydrogen (secondary N) is 2. The lowest BCUT2D eigenvalue weighted by Gasteiger charge is -2.00. The Balaban J connectivity index is 3.06.